The van der Waals surface area contributed by atoms with Crippen LogP contribution in [-0.2, 0) is 60.9 Å². The predicted octanol–water partition coefficient (Wildman–Crippen LogP) is 24.8. The van der Waals surface area contributed by atoms with Crippen LogP contribution in [0, 0.1) is 69.2 Å². The van der Waals surface area contributed by atoms with E-state index in [1.165, 1.54) is 121 Å². The summed E-state index contributed by atoms with van der Waals surface area (Å²) in [5, 5.41) is 97.9. The number of para-hydroxylation sites is 2. The van der Waals surface area contributed by atoms with Gasteiger partial charge in [0.1, 0.15) is 34.5 Å². The van der Waals surface area contributed by atoms with Crippen LogP contribution in [-0.4, -0.2) is 68.4 Å². The molecule has 0 aromatic heterocycles. The lowest BCUT2D eigenvalue weighted by Gasteiger charge is -2.28. The van der Waals surface area contributed by atoms with Gasteiger partial charge in [-0.15, -0.1) is 74.4 Å². The molecule has 12 rings (SSSR count). The van der Waals surface area contributed by atoms with E-state index in [1.54, 1.807) is 12.1 Å². The van der Waals surface area contributed by atoms with Crippen molar-refractivity contribution in [2.24, 2.45) is 0 Å². The number of halogens is 6. The summed E-state index contributed by atoms with van der Waals surface area (Å²) in [4.78, 5) is 0. The van der Waals surface area contributed by atoms with Gasteiger partial charge in [-0.1, -0.05) is 372 Å². The Morgan fingerprint density at radius 3 is 0.839 bits per heavy atom. The van der Waals surface area contributed by atoms with Gasteiger partial charge >= 0.3 is 0 Å². The summed E-state index contributed by atoms with van der Waals surface area (Å²) in [6, 6.07) is 72.5. The normalized spacial score (nSPS) is 11.6. The first-order chi connectivity index (χ1) is 64.4. The van der Waals surface area contributed by atoms with Crippen molar-refractivity contribution in [3.63, 3.8) is 0 Å². The Morgan fingerprint density at radius 2 is 0.503 bits per heavy atom. The van der Waals surface area contributed by atoms with Gasteiger partial charge in [-0.05, 0) is 273 Å². The molecule has 786 valence electrons. The van der Waals surface area contributed by atoms with Crippen molar-refractivity contribution in [2.75, 3.05) is 19.6 Å². The highest BCUT2D eigenvalue weighted by Gasteiger charge is 2.28. The maximum Gasteiger partial charge on any atom is 0.127 e. The highest BCUT2D eigenvalue weighted by atomic mass is 35.5. The zero-order valence-corrected chi connectivity index (χ0v) is 102. The molecule has 12 N–H and O–H groups in total. The van der Waals surface area contributed by atoms with Crippen LogP contribution in [0.25, 0.3) is 0 Å². The van der Waals surface area contributed by atoms with E-state index in [4.69, 9.17) is 0 Å². The van der Waals surface area contributed by atoms with Crippen LogP contribution in [0.2, 0.25) is 0 Å². The molecule has 0 spiro atoms. The summed E-state index contributed by atoms with van der Waals surface area (Å²) >= 11 is 0. The maximum absolute atomic E-state index is 11.1. The van der Waals surface area contributed by atoms with E-state index in [9.17, 15) is 30.6 Å². The smallest absolute Gasteiger partial charge is 0.127 e. The first-order valence-electron chi connectivity index (χ1n) is 48.8. The number of phenols is 6. The molecule has 143 heavy (non-hydrogen) atoms. The molecule has 0 aliphatic carbocycles. The lowest BCUT2D eigenvalue weighted by molar-refractivity contribution is 0.448. The van der Waals surface area contributed by atoms with Crippen LogP contribution >= 0.6 is 126 Å². The summed E-state index contributed by atoms with van der Waals surface area (Å²) in [5.74, 6) is 2.58. The van der Waals surface area contributed by atoms with E-state index in [-0.39, 0.29) is 96.1 Å². The number of hydrogen-bond donors (Lipinski definition) is 12. The first-order valence-corrected chi connectivity index (χ1v) is 54.8. The van der Waals surface area contributed by atoms with E-state index < -0.39 is 0 Å². The maximum atomic E-state index is 11.1. The highest BCUT2D eigenvalue weighted by Crippen LogP contribution is 2.40. The van der Waals surface area contributed by atoms with E-state index >= 15 is 0 Å². The summed E-state index contributed by atoms with van der Waals surface area (Å²) in [6.07, 6.45) is 0. The average molecular weight is 2180 g/mol. The van der Waals surface area contributed by atoms with E-state index in [1.807, 2.05) is 56.3 Å². The number of benzene rings is 12. The van der Waals surface area contributed by atoms with Crippen LogP contribution in [0.1, 0.15) is 257 Å². The Balaban J connectivity index is 0.000000853. The van der Waals surface area contributed by atoms with Gasteiger partial charge in [0, 0.05) is 100 Å². The molecule has 0 amide bonds. The monoisotopic (exact) mass is 2180 g/mol. The van der Waals surface area contributed by atoms with Gasteiger partial charge < -0.3 is 62.5 Å². The number of hydrogen-bond acceptors (Lipinski definition) is 12. The second-order valence-electron chi connectivity index (χ2n) is 41.2. The fourth-order valence-electron chi connectivity index (χ4n) is 15.4. The quantitative estimate of drug-likeness (QED) is 0.0191. The van der Waals surface area contributed by atoms with Crippen molar-refractivity contribution in [1.82, 2.24) is 31.9 Å². The second-order valence-corrected chi connectivity index (χ2v) is 48.9. The van der Waals surface area contributed by atoms with E-state index in [0.29, 0.717) is 104 Å². The largest absolute Gasteiger partial charge is 0.507 e. The van der Waals surface area contributed by atoms with Crippen molar-refractivity contribution < 1.29 is 30.6 Å². The van der Waals surface area contributed by atoms with Crippen molar-refractivity contribution in [2.45, 2.75) is 294 Å². The third kappa shape index (κ3) is 42.5. The number of nitrogens with one attached hydrogen (secondary N) is 6. The van der Waals surface area contributed by atoms with Gasteiger partial charge in [-0.3, -0.25) is 0 Å². The summed E-state index contributed by atoms with van der Waals surface area (Å²) in [5.41, 5.74) is 24.6. The van der Waals surface area contributed by atoms with Gasteiger partial charge in [-0.25, -0.2) is 0 Å². The fraction of sp³-hybridized carbons (Fsp3) is 0.395. The molecule has 0 aliphatic rings. The van der Waals surface area contributed by atoms with Crippen molar-refractivity contribution in [3.8, 4) is 34.5 Å². The number of rotatable bonds is 30. The lowest BCUT2D eigenvalue weighted by atomic mass is 9.80. The van der Waals surface area contributed by atoms with Crippen LogP contribution in [0.3, 0.4) is 0 Å². The zero-order valence-electron chi connectivity index (χ0n) is 90.9. The molecule has 0 saturated carbocycles. The van der Waals surface area contributed by atoms with Gasteiger partial charge in [0.15, 0.2) is 0 Å². The third-order valence-corrected chi connectivity index (χ3v) is 33.6. The summed E-state index contributed by atoms with van der Waals surface area (Å²) in [6.45, 7) is 74.8. The molecule has 0 radical (unpaired) electrons. The number of aryl methyl sites for hydroxylation is 10. The second kappa shape index (κ2) is 64.1. The van der Waals surface area contributed by atoms with Crippen molar-refractivity contribution in [3.05, 3.63) is 318 Å². The molecule has 12 nitrogen and oxygen atoms in total. The minimum absolute atomic E-state index is 0. The van der Waals surface area contributed by atoms with Crippen LogP contribution in [0.4, 0.5) is 0 Å². The minimum Gasteiger partial charge on any atom is -0.507 e. The molecule has 6 atom stereocenters. The molecule has 0 fully saturated rings. The van der Waals surface area contributed by atoms with Crippen molar-refractivity contribution in [1.29, 1.82) is 0 Å². The molecule has 24 heteroatoms. The summed E-state index contributed by atoms with van der Waals surface area (Å²) < 4.78 is 0. The molecule has 12 aromatic carbocycles. The fourth-order valence-corrected chi connectivity index (χ4v) is 23.7. The van der Waals surface area contributed by atoms with Crippen LogP contribution < -0.4 is 95.6 Å². The van der Waals surface area contributed by atoms with E-state index in [2.05, 4.69) is 384 Å². The Hall–Kier alpha value is -6.48. The number of phenolic OH excluding ortho intramolecular Hbond substituents is 6. The zero-order chi connectivity index (χ0) is 102. The summed E-state index contributed by atoms with van der Waals surface area (Å²) in [7, 11) is 2.83. The van der Waals surface area contributed by atoms with Crippen molar-refractivity contribution >= 4 is 190 Å². The third-order valence-electron chi connectivity index (χ3n) is 23.8. The van der Waals surface area contributed by atoms with Crippen LogP contribution in [0.15, 0.2) is 206 Å². The molecule has 0 bridgehead atoms. The molecule has 0 saturated heterocycles. The first kappa shape index (κ1) is 135. The Kier molecular flexibility index (Phi) is 60.3. The standard InChI is InChI=1S/C24H36NOP.2C21H30NOP.2C18H24NOP.C17H22NOP.6ClH/c1-9-25-15-17-12-10-11-16(2)22(17)27-20-14-18(23(3,4)5)13-19(21(20)26)24(6,7)8;1-7-22-13-16-10-8-9-15(3)20(16)24-18-12-14(2)11-17(19(18)23)21(4,5)6;1-7-22-13-16-10-8-9-14(2)20(16)24-18-12-17(21(4,5)6)11-15(3)19(18)23;1-12(2)19-11-15-9-5-8-14(4)18(15)21-16-10-6-7-13(3)17(16)20;1-12(2)19-11-15-7-5-6-14(4)18(15)21-17-10-13(3)8-9-16(17)20;1-12(2)18-11-14-8-6-7-13(3)17(14)20-16-10-5-4-9-15(16)19;;;;;;/h10-14,25-27H,9,15H2,1-8H3;2*8-12,22-24H,7,13H2,1-6H3;2*5-10,12,19-21H,11H2,1-4H3;4-10,12,18-20H,11H2,1-3H3;6*1H. The molecule has 0 aliphatic heterocycles. The minimum atomic E-state index is -0.0943. The number of aromatic hydroxyl groups is 6. The highest BCUT2D eigenvalue weighted by molar-refractivity contribution is 7.57. The van der Waals surface area contributed by atoms with Gasteiger partial charge in [0.05, 0.1) is 0 Å². The van der Waals surface area contributed by atoms with E-state index in [0.717, 1.165) is 113 Å². The van der Waals surface area contributed by atoms with Gasteiger partial charge in [0.2, 0.25) is 0 Å². The average Bonchev–Trinajstić information content (AvgIpc) is 0.782. The Bertz CT molecular complexity index is 5810. The molecular weight excluding hydrogens is 2010 g/mol. The Morgan fingerprint density at radius 1 is 0.238 bits per heavy atom. The van der Waals surface area contributed by atoms with Crippen LogP contribution in [0.5, 0.6) is 34.5 Å². The molecule has 0 heterocycles. The SMILES string of the molecule is CCNCc1cccc(C)c1Pc1cc(C(C)(C)C)cc(C(C)(C)C)c1O.CCNCc1cccc(C)c1Pc1cc(C(C)(C)C)cc(C)c1O.CCNCc1cccc(C)c1Pc1cc(C)cc(C(C)(C)C)c1O.Cc1ccc(O)c(Pc2c(C)cccc2CNC(C)C)c1.Cc1cccc(CNC(C)C)c1Pc1ccccc1O.Cc1cccc(Pc2c(C)cccc2CNC(C)C)c1O.Cl.Cl.Cl.Cl.Cl.Cl. The van der Waals surface area contributed by atoms with Gasteiger partial charge in [0.25, 0.3) is 0 Å². The lowest BCUT2D eigenvalue weighted by Crippen LogP contribution is -2.25. The van der Waals surface area contributed by atoms with Gasteiger partial charge in [-0.2, -0.15) is 0 Å². The predicted molar refractivity (Wildman–Crippen MR) is 657 cm³/mol. The topological polar surface area (TPSA) is 194 Å². The Labute approximate surface area is 910 Å². The molecular formula is C119H172Cl6N6O6P6. The molecule has 6 unspecified atom stereocenters. The molecule has 12 aromatic rings.